The first kappa shape index (κ1) is 42.0. The van der Waals surface area contributed by atoms with Gasteiger partial charge in [0, 0.05) is 44.3 Å². The van der Waals surface area contributed by atoms with Crippen molar-refractivity contribution in [3.8, 4) is 11.1 Å². The van der Waals surface area contributed by atoms with Gasteiger partial charge in [-0.25, -0.2) is 0 Å². The molecule has 71 heavy (non-hydrogen) atoms. The summed E-state index contributed by atoms with van der Waals surface area (Å²) in [5.41, 5.74) is 11.8. The molecule has 0 bridgehead atoms. The Morgan fingerprint density at radius 3 is 0.958 bits per heavy atom. The van der Waals surface area contributed by atoms with Crippen LogP contribution in [0.1, 0.15) is 0 Å². The predicted molar refractivity (Wildman–Crippen MR) is 299 cm³/mol. The highest BCUT2D eigenvalue weighted by atomic mass is 28.3. The highest BCUT2D eigenvalue weighted by Crippen LogP contribution is 2.44. The van der Waals surface area contributed by atoms with Crippen LogP contribution in [0, 0.1) is 0 Å². The van der Waals surface area contributed by atoms with Crippen LogP contribution in [0.5, 0.6) is 0 Å². The van der Waals surface area contributed by atoms with E-state index in [0.717, 1.165) is 89.1 Å². The maximum Gasteiger partial charge on any atom is 0.179 e. The van der Waals surface area contributed by atoms with Crippen molar-refractivity contribution in [3.05, 3.63) is 279 Å². The second kappa shape index (κ2) is 17.7. The summed E-state index contributed by atoms with van der Waals surface area (Å²) >= 11 is 0. The summed E-state index contributed by atoms with van der Waals surface area (Å²) in [7, 11) is -2.74. The molecule has 13 rings (SSSR count). The Bertz CT molecular complexity index is 3870. The normalized spacial score (nSPS) is 11.7. The lowest BCUT2D eigenvalue weighted by Crippen LogP contribution is -2.74. The van der Waals surface area contributed by atoms with Crippen LogP contribution in [0.25, 0.3) is 55.0 Å². The number of nitrogens with zero attached hydrogens (tertiary/aromatic N) is 2. The Morgan fingerprint density at radius 1 is 0.239 bits per heavy atom. The van der Waals surface area contributed by atoms with Crippen molar-refractivity contribution in [2.75, 3.05) is 9.80 Å². The van der Waals surface area contributed by atoms with Gasteiger partial charge in [-0.2, -0.15) is 0 Å². The van der Waals surface area contributed by atoms with Gasteiger partial charge < -0.3 is 18.6 Å². The largest absolute Gasteiger partial charge is 0.454 e. The summed E-state index contributed by atoms with van der Waals surface area (Å²) < 4.78 is 13.3. The van der Waals surface area contributed by atoms with Crippen LogP contribution in [0.3, 0.4) is 0 Å². The smallest absolute Gasteiger partial charge is 0.179 e. The summed E-state index contributed by atoms with van der Waals surface area (Å²) in [6, 6.07) is 100. The lowest BCUT2D eigenvalue weighted by atomic mass is 10.0. The van der Waals surface area contributed by atoms with Gasteiger partial charge in [-0.3, -0.25) is 0 Å². The summed E-state index contributed by atoms with van der Waals surface area (Å²) in [6.07, 6.45) is 0. The Morgan fingerprint density at radius 2 is 0.549 bits per heavy atom. The van der Waals surface area contributed by atoms with Crippen LogP contribution in [0.2, 0.25) is 0 Å². The molecule has 0 aliphatic rings. The summed E-state index contributed by atoms with van der Waals surface area (Å²) in [6.45, 7) is 0. The number of hydrogen-bond acceptors (Lipinski definition) is 4. The fourth-order valence-electron chi connectivity index (χ4n) is 10.8. The number of benzene rings is 11. The van der Waals surface area contributed by atoms with E-state index >= 15 is 0 Å². The summed E-state index contributed by atoms with van der Waals surface area (Å²) in [4.78, 5) is 4.63. The molecule has 4 nitrogen and oxygen atoms in total. The standard InChI is InChI=1S/C66H46N2O2Si/c1-5-19-49(20-6-1)67(61-31-17-29-59-57-27-13-15-33-63(57)69-65(59)61)50-39-35-47(36-40-50)48-37-41-51(42-38-48)68(62-32-18-30-60-58-28-14-16-34-64(58)70-66(60)62)52-43-45-56(46-44-52)71(53-21-7-2-8-22-53,54-23-9-3-10-24-54)55-25-11-4-12-26-55/h1-46H. The molecule has 2 heterocycles. The maximum absolute atomic E-state index is 6.74. The molecule has 0 aliphatic heterocycles. The van der Waals surface area contributed by atoms with E-state index in [1.165, 1.54) is 20.7 Å². The van der Waals surface area contributed by atoms with E-state index in [2.05, 4.69) is 271 Å². The van der Waals surface area contributed by atoms with E-state index < -0.39 is 8.07 Å². The first-order chi connectivity index (χ1) is 35.2. The van der Waals surface area contributed by atoms with Gasteiger partial charge in [0.2, 0.25) is 0 Å². The van der Waals surface area contributed by atoms with Crippen LogP contribution >= 0.6 is 0 Å². The fourth-order valence-corrected chi connectivity index (χ4v) is 15.5. The quantitative estimate of drug-likeness (QED) is 0.0956. The van der Waals surface area contributed by atoms with E-state index in [1.54, 1.807) is 0 Å². The van der Waals surface area contributed by atoms with Crippen molar-refractivity contribution in [2.24, 2.45) is 0 Å². The van der Waals surface area contributed by atoms with E-state index in [0.29, 0.717) is 0 Å². The van der Waals surface area contributed by atoms with Crippen molar-refractivity contribution in [3.63, 3.8) is 0 Å². The van der Waals surface area contributed by atoms with Gasteiger partial charge in [-0.15, -0.1) is 0 Å². The third-order valence-electron chi connectivity index (χ3n) is 14.0. The van der Waals surface area contributed by atoms with Gasteiger partial charge in [0.25, 0.3) is 0 Å². The van der Waals surface area contributed by atoms with Gasteiger partial charge in [-0.05, 0) is 105 Å². The minimum absolute atomic E-state index is 0.848. The van der Waals surface area contributed by atoms with E-state index in [-0.39, 0.29) is 0 Å². The van der Waals surface area contributed by atoms with Crippen molar-refractivity contribution in [2.45, 2.75) is 0 Å². The van der Waals surface area contributed by atoms with Gasteiger partial charge in [0.1, 0.15) is 11.2 Å². The maximum atomic E-state index is 6.74. The van der Waals surface area contributed by atoms with Gasteiger partial charge in [0.05, 0.1) is 11.4 Å². The number of anilines is 6. The van der Waals surface area contributed by atoms with Crippen molar-refractivity contribution in [1.29, 1.82) is 0 Å². The third kappa shape index (κ3) is 7.22. The molecule has 0 unspecified atom stereocenters. The van der Waals surface area contributed by atoms with Crippen LogP contribution in [-0.2, 0) is 0 Å². The topological polar surface area (TPSA) is 32.8 Å². The molecule has 2 aromatic heterocycles. The number of hydrogen-bond donors (Lipinski definition) is 0. The number of para-hydroxylation sites is 5. The lowest BCUT2D eigenvalue weighted by molar-refractivity contribution is 0.668. The molecule has 0 fully saturated rings. The van der Waals surface area contributed by atoms with E-state index in [1.807, 2.05) is 18.2 Å². The molecule has 336 valence electrons. The molecular formula is C66H46N2O2Si. The first-order valence-electron chi connectivity index (χ1n) is 24.2. The number of fused-ring (bicyclic) bond motifs is 6. The van der Waals surface area contributed by atoms with Gasteiger partial charge in [-0.1, -0.05) is 206 Å². The monoisotopic (exact) mass is 926 g/mol. The summed E-state index contributed by atoms with van der Waals surface area (Å²) in [5, 5.41) is 9.73. The summed E-state index contributed by atoms with van der Waals surface area (Å²) in [5.74, 6) is 0. The van der Waals surface area contributed by atoms with Gasteiger partial charge in [0.15, 0.2) is 19.2 Å². The number of rotatable bonds is 11. The zero-order valence-electron chi connectivity index (χ0n) is 38.8. The molecule has 13 aromatic rings. The Kier molecular flexibility index (Phi) is 10.5. The molecule has 0 saturated carbocycles. The molecule has 0 N–H and O–H groups in total. The van der Waals surface area contributed by atoms with Crippen LogP contribution in [0.4, 0.5) is 34.1 Å². The molecule has 11 aromatic carbocycles. The third-order valence-corrected chi connectivity index (χ3v) is 18.8. The Hall–Kier alpha value is -9.16. The minimum atomic E-state index is -2.74. The number of furan rings is 2. The zero-order valence-corrected chi connectivity index (χ0v) is 39.8. The average molecular weight is 927 g/mol. The Labute approximate surface area is 413 Å². The SMILES string of the molecule is c1ccc(N(c2ccc(-c3ccc(N(c4ccc([Si](c5ccccc5)(c5ccccc5)c5ccccc5)cc4)c4cccc5c4oc4ccccc45)cc3)cc2)c2cccc3c2oc2ccccc23)cc1. The molecule has 5 heteroatoms. The predicted octanol–water partition coefficient (Wildman–Crippen LogP) is 15.5. The second-order valence-corrected chi connectivity index (χ2v) is 21.8. The molecular weight excluding hydrogens is 881 g/mol. The molecule has 0 saturated heterocycles. The first-order valence-corrected chi connectivity index (χ1v) is 26.2. The van der Waals surface area contributed by atoms with E-state index in [9.17, 15) is 0 Å². The second-order valence-electron chi connectivity index (χ2n) is 18.0. The van der Waals surface area contributed by atoms with Crippen LogP contribution in [0.15, 0.2) is 288 Å². The van der Waals surface area contributed by atoms with Crippen LogP contribution < -0.4 is 30.5 Å². The lowest BCUT2D eigenvalue weighted by Gasteiger charge is -2.35. The average Bonchev–Trinajstić information content (AvgIpc) is 4.03. The molecule has 0 amide bonds. The van der Waals surface area contributed by atoms with Gasteiger partial charge >= 0.3 is 0 Å². The minimum Gasteiger partial charge on any atom is -0.454 e. The van der Waals surface area contributed by atoms with Crippen molar-refractivity contribution < 1.29 is 8.83 Å². The Balaban J connectivity index is 0.910. The van der Waals surface area contributed by atoms with E-state index in [4.69, 9.17) is 8.83 Å². The molecule has 0 aliphatic carbocycles. The highest BCUT2D eigenvalue weighted by Gasteiger charge is 2.41. The fraction of sp³-hybridized carbons (Fsp3) is 0. The molecule has 0 radical (unpaired) electrons. The molecule has 0 spiro atoms. The highest BCUT2D eigenvalue weighted by molar-refractivity contribution is 7.19. The van der Waals surface area contributed by atoms with Crippen molar-refractivity contribution in [1.82, 2.24) is 0 Å². The molecule has 0 atom stereocenters. The zero-order chi connectivity index (χ0) is 47.1. The van der Waals surface area contributed by atoms with Crippen molar-refractivity contribution >= 4 is 107 Å². The van der Waals surface area contributed by atoms with Crippen LogP contribution in [-0.4, -0.2) is 8.07 Å².